The Hall–Kier alpha value is -5.02. The molecule has 5 N–H and O–H groups in total. The molecule has 0 radical (unpaired) electrons. The molecule has 0 bridgehead atoms. The summed E-state index contributed by atoms with van der Waals surface area (Å²) in [5.74, 6) is 1.18. The van der Waals surface area contributed by atoms with E-state index in [4.69, 9.17) is 0 Å². The quantitative estimate of drug-likeness (QED) is 0.110. The number of rotatable bonds is 14. The van der Waals surface area contributed by atoms with Gasteiger partial charge in [0.1, 0.15) is 17.7 Å². The molecular weight excluding hydrogens is 550 g/mol. The second kappa shape index (κ2) is 14.9. The number of nitrogens with zero attached hydrogens (tertiary/aromatic N) is 2. The maximum atomic E-state index is 13.6. The number of aromatic amines is 1. The summed E-state index contributed by atoms with van der Waals surface area (Å²) in [5.41, 5.74) is 3.63. The van der Waals surface area contributed by atoms with E-state index in [1.807, 2.05) is 62.4 Å². The topological polar surface area (TPSA) is 124 Å². The maximum Gasteiger partial charge on any atom is 0.251 e. The average molecular weight is 590 g/mol. The number of imidazole rings is 1. The van der Waals surface area contributed by atoms with Gasteiger partial charge in [-0.15, -0.1) is 0 Å². The van der Waals surface area contributed by atoms with Gasteiger partial charge in [-0.2, -0.15) is 0 Å². The highest BCUT2D eigenvalue weighted by molar-refractivity contribution is 5.97. The summed E-state index contributed by atoms with van der Waals surface area (Å²) in [4.78, 5) is 38.6. The van der Waals surface area contributed by atoms with Crippen LogP contribution < -0.4 is 21.3 Å². The first kappa shape index (κ1) is 30.4. The van der Waals surface area contributed by atoms with E-state index in [0.29, 0.717) is 38.0 Å². The average Bonchev–Trinajstić information content (AvgIpc) is 3.57. The summed E-state index contributed by atoms with van der Waals surface area (Å²) in [6.45, 7) is 5.86. The molecule has 9 nitrogen and oxygen atoms in total. The second-order valence-corrected chi connectivity index (χ2v) is 10.9. The number of carbonyl (C=O) groups is 2. The Balaban J connectivity index is 1.23. The molecule has 44 heavy (non-hydrogen) atoms. The lowest BCUT2D eigenvalue weighted by Gasteiger charge is -2.23. The molecular formula is C35H39N7O2. The van der Waals surface area contributed by atoms with Crippen molar-refractivity contribution in [1.29, 1.82) is 0 Å². The van der Waals surface area contributed by atoms with Gasteiger partial charge in [-0.1, -0.05) is 60.7 Å². The summed E-state index contributed by atoms with van der Waals surface area (Å²) < 4.78 is 0. The molecule has 3 aromatic carbocycles. The Kier molecular flexibility index (Phi) is 10.3. The number of aromatic nitrogens is 3. The van der Waals surface area contributed by atoms with Gasteiger partial charge in [-0.05, 0) is 72.4 Å². The minimum Gasteiger partial charge on any atom is -0.370 e. The van der Waals surface area contributed by atoms with Crippen molar-refractivity contribution in [3.05, 3.63) is 126 Å². The molecule has 2 amide bonds. The van der Waals surface area contributed by atoms with Crippen molar-refractivity contribution in [2.24, 2.45) is 0 Å². The maximum absolute atomic E-state index is 13.6. The number of nitrogens with one attached hydrogen (secondary N) is 5. The first-order valence-electron chi connectivity index (χ1n) is 15.0. The molecule has 9 heteroatoms. The normalized spacial score (nSPS) is 12.4. The van der Waals surface area contributed by atoms with Gasteiger partial charge in [0.25, 0.3) is 5.91 Å². The van der Waals surface area contributed by atoms with Crippen molar-refractivity contribution < 1.29 is 9.59 Å². The zero-order valence-electron chi connectivity index (χ0n) is 25.1. The number of pyridine rings is 1. The Morgan fingerprint density at radius 3 is 2.48 bits per heavy atom. The van der Waals surface area contributed by atoms with Crippen LogP contribution in [0.4, 0.5) is 5.82 Å². The molecule has 1 unspecified atom stereocenters. The van der Waals surface area contributed by atoms with Gasteiger partial charge in [0, 0.05) is 37.2 Å². The van der Waals surface area contributed by atoms with Crippen molar-refractivity contribution in [2.75, 3.05) is 11.9 Å². The van der Waals surface area contributed by atoms with Gasteiger partial charge < -0.3 is 26.3 Å². The number of hydrogen-bond donors (Lipinski definition) is 5. The van der Waals surface area contributed by atoms with E-state index in [9.17, 15) is 9.59 Å². The third-order valence-electron chi connectivity index (χ3n) is 7.63. The molecule has 2 aromatic heterocycles. The van der Waals surface area contributed by atoms with Crippen LogP contribution in [0.25, 0.3) is 10.8 Å². The molecule has 0 aliphatic rings. The van der Waals surface area contributed by atoms with Crippen molar-refractivity contribution in [1.82, 2.24) is 30.9 Å². The SMILES string of the molecule is Cc1cccnc1NCCC[C@H](NC(=O)c1ccc(CNCc2ncc[nH]2)cc1)C(=O)NC(C)c1cccc2ccccc12. The zero-order valence-corrected chi connectivity index (χ0v) is 25.1. The Labute approximate surface area is 257 Å². The highest BCUT2D eigenvalue weighted by Crippen LogP contribution is 2.24. The fourth-order valence-corrected chi connectivity index (χ4v) is 5.21. The number of fused-ring (bicyclic) bond motifs is 1. The Morgan fingerprint density at radius 2 is 1.68 bits per heavy atom. The standard InChI is InChI=1S/C35H39N7O2/c1-24-8-6-18-39-33(24)40-19-7-13-31(35(44)41-25(2)29-12-5-10-27-9-3-4-11-30(27)29)42-34(43)28-16-14-26(15-17-28)22-36-23-32-37-20-21-38-32/h3-6,8-12,14-18,20-21,25,31,36H,7,13,19,22-23H2,1-2H3,(H,37,38)(H,39,40)(H,41,44)(H,42,43)/t25?,31-/m0/s1. The summed E-state index contributed by atoms with van der Waals surface area (Å²) >= 11 is 0. The molecule has 5 rings (SSSR count). The second-order valence-electron chi connectivity index (χ2n) is 10.9. The van der Waals surface area contributed by atoms with Crippen molar-refractivity contribution in [3.63, 3.8) is 0 Å². The fourth-order valence-electron chi connectivity index (χ4n) is 5.21. The number of H-pyrrole nitrogens is 1. The number of amides is 2. The zero-order chi connectivity index (χ0) is 30.7. The highest BCUT2D eigenvalue weighted by Gasteiger charge is 2.23. The van der Waals surface area contributed by atoms with Crippen LogP contribution in [0.15, 0.2) is 97.5 Å². The fraction of sp³-hybridized carbons (Fsp3) is 0.257. The van der Waals surface area contributed by atoms with E-state index >= 15 is 0 Å². The molecule has 2 heterocycles. The van der Waals surface area contributed by atoms with E-state index in [-0.39, 0.29) is 17.9 Å². The smallest absolute Gasteiger partial charge is 0.251 e. The van der Waals surface area contributed by atoms with Gasteiger partial charge in [-0.3, -0.25) is 9.59 Å². The molecule has 5 aromatic rings. The minimum absolute atomic E-state index is 0.216. The van der Waals surface area contributed by atoms with Gasteiger partial charge in [-0.25, -0.2) is 9.97 Å². The third kappa shape index (κ3) is 8.08. The van der Waals surface area contributed by atoms with E-state index in [2.05, 4.69) is 54.4 Å². The van der Waals surface area contributed by atoms with E-state index in [1.165, 1.54) is 0 Å². The molecule has 0 spiro atoms. The number of hydrogen-bond acceptors (Lipinski definition) is 6. The lowest BCUT2D eigenvalue weighted by molar-refractivity contribution is -0.123. The predicted molar refractivity (Wildman–Crippen MR) is 174 cm³/mol. The third-order valence-corrected chi connectivity index (χ3v) is 7.63. The van der Waals surface area contributed by atoms with Crippen molar-refractivity contribution in [2.45, 2.75) is 51.9 Å². The van der Waals surface area contributed by atoms with Gasteiger partial charge in [0.05, 0.1) is 12.6 Å². The predicted octanol–water partition coefficient (Wildman–Crippen LogP) is 5.42. The summed E-state index contributed by atoms with van der Waals surface area (Å²) in [7, 11) is 0. The van der Waals surface area contributed by atoms with Crippen LogP contribution >= 0.6 is 0 Å². The highest BCUT2D eigenvalue weighted by atomic mass is 16.2. The lowest BCUT2D eigenvalue weighted by atomic mass is 9.99. The van der Waals surface area contributed by atoms with Crippen molar-refractivity contribution in [3.8, 4) is 0 Å². The number of aryl methyl sites for hydroxylation is 1. The molecule has 0 saturated carbocycles. The van der Waals surface area contributed by atoms with Crippen LogP contribution in [0, 0.1) is 6.92 Å². The summed E-state index contributed by atoms with van der Waals surface area (Å²) in [5, 5.41) is 15.0. The van der Waals surface area contributed by atoms with Crippen LogP contribution in [0.3, 0.4) is 0 Å². The number of benzene rings is 3. The minimum atomic E-state index is -0.707. The van der Waals surface area contributed by atoms with E-state index < -0.39 is 6.04 Å². The van der Waals surface area contributed by atoms with Crippen LogP contribution in [-0.4, -0.2) is 39.4 Å². The monoisotopic (exact) mass is 589 g/mol. The molecule has 0 saturated heterocycles. The molecule has 0 aliphatic heterocycles. The number of anilines is 1. The summed E-state index contributed by atoms with van der Waals surface area (Å²) in [6.07, 6.45) is 6.39. The largest absolute Gasteiger partial charge is 0.370 e. The van der Waals surface area contributed by atoms with Gasteiger partial charge in [0.2, 0.25) is 5.91 Å². The lowest BCUT2D eigenvalue weighted by Crippen LogP contribution is -2.47. The van der Waals surface area contributed by atoms with Crippen LogP contribution in [0.5, 0.6) is 0 Å². The summed E-state index contributed by atoms with van der Waals surface area (Å²) in [6, 6.07) is 24.6. The van der Waals surface area contributed by atoms with Crippen LogP contribution in [-0.2, 0) is 17.9 Å². The number of carbonyl (C=O) groups excluding carboxylic acids is 2. The van der Waals surface area contributed by atoms with Gasteiger partial charge in [0.15, 0.2) is 0 Å². The van der Waals surface area contributed by atoms with E-state index in [1.54, 1.807) is 30.7 Å². The Bertz CT molecular complexity index is 1660. The van der Waals surface area contributed by atoms with E-state index in [0.717, 1.165) is 39.1 Å². The first-order chi connectivity index (χ1) is 21.5. The first-order valence-corrected chi connectivity index (χ1v) is 15.0. The van der Waals surface area contributed by atoms with Crippen LogP contribution in [0.1, 0.15) is 58.7 Å². The molecule has 226 valence electrons. The molecule has 0 aliphatic carbocycles. The van der Waals surface area contributed by atoms with Gasteiger partial charge >= 0.3 is 0 Å². The Morgan fingerprint density at radius 1 is 0.864 bits per heavy atom. The van der Waals surface area contributed by atoms with Crippen LogP contribution in [0.2, 0.25) is 0 Å². The van der Waals surface area contributed by atoms with Crippen molar-refractivity contribution >= 4 is 28.4 Å². The molecule has 2 atom stereocenters. The molecule has 0 fully saturated rings.